The molecule has 0 unspecified atom stereocenters. The summed E-state index contributed by atoms with van der Waals surface area (Å²) in [4.78, 5) is 11.9. The summed E-state index contributed by atoms with van der Waals surface area (Å²) in [5.41, 5.74) is 1.05. The molecule has 0 aliphatic carbocycles. The lowest BCUT2D eigenvalue weighted by Crippen LogP contribution is -1.98. The number of Topliss-reactive ketones (excluding diaryl/α,β-unsaturated/α-hetero) is 1. The van der Waals surface area contributed by atoms with Crippen LogP contribution in [0.15, 0.2) is 17.0 Å². The second kappa shape index (κ2) is 3.92. The van der Waals surface area contributed by atoms with Gasteiger partial charge in [0, 0.05) is 4.90 Å². The zero-order chi connectivity index (χ0) is 10.0. The predicted molar refractivity (Wildman–Crippen MR) is 52.9 cm³/mol. The Bertz CT molecular complexity index is 347. The zero-order valence-corrected chi connectivity index (χ0v) is 8.67. The molecule has 0 heterocycles. The van der Waals surface area contributed by atoms with Crippen molar-refractivity contribution >= 4 is 17.5 Å². The number of carbonyl (C=O) groups is 1. The fourth-order valence-electron chi connectivity index (χ4n) is 1.14. The van der Waals surface area contributed by atoms with Gasteiger partial charge in [-0.25, -0.2) is 4.39 Å². The Kier molecular flexibility index (Phi) is 3.09. The maximum atomic E-state index is 13.2. The molecule has 0 aromatic heterocycles. The van der Waals surface area contributed by atoms with Crippen molar-refractivity contribution in [3.05, 3.63) is 29.1 Å². The number of halogens is 1. The highest BCUT2D eigenvalue weighted by molar-refractivity contribution is 7.98. The molecule has 0 spiro atoms. The summed E-state index contributed by atoms with van der Waals surface area (Å²) >= 11 is 1.52. The van der Waals surface area contributed by atoms with Crippen molar-refractivity contribution < 1.29 is 9.18 Å². The SMILES string of the molecule is CSc1cc(C(C)=O)c(F)cc1C. The number of benzene rings is 1. The first-order valence-corrected chi connectivity index (χ1v) is 5.13. The summed E-state index contributed by atoms with van der Waals surface area (Å²) in [6.07, 6.45) is 1.91. The minimum atomic E-state index is -0.428. The van der Waals surface area contributed by atoms with Gasteiger partial charge >= 0.3 is 0 Å². The lowest BCUT2D eigenvalue weighted by atomic mass is 10.1. The van der Waals surface area contributed by atoms with Gasteiger partial charge in [0.25, 0.3) is 0 Å². The summed E-state index contributed by atoms with van der Waals surface area (Å²) in [6, 6.07) is 3.01. The molecule has 0 aliphatic rings. The molecule has 1 aromatic rings. The highest BCUT2D eigenvalue weighted by Crippen LogP contribution is 2.23. The lowest BCUT2D eigenvalue weighted by Gasteiger charge is -2.05. The number of aryl methyl sites for hydroxylation is 1. The number of hydrogen-bond acceptors (Lipinski definition) is 2. The van der Waals surface area contributed by atoms with E-state index in [0.717, 1.165) is 10.5 Å². The van der Waals surface area contributed by atoms with Crippen molar-refractivity contribution in [1.82, 2.24) is 0 Å². The van der Waals surface area contributed by atoms with Gasteiger partial charge in [-0.05, 0) is 37.8 Å². The average Bonchev–Trinajstić information content (AvgIpc) is 2.03. The van der Waals surface area contributed by atoms with E-state index in [9.17, 15) is 9.18 Å². The Labute approximate surface area is 81.3 Å². The van der Waals surface area contributed by atoms with Gasteiger partial charge in [0.1, 0.15) is 5.82 Å². The number of ketones is 1. The fourth-order valence-corrected chi connectivity index (χ4v) is 1.76. The van der Waals surface area contributed by atoms with Crippen LogP contribution in [0.4, 0.5) is 4.39 Å². The number of rotatable bonds is 2. The van der Waals surface area contributed by atoms with Gasteiger partial charge in [-0.3, -0.25) is 4.79 Å². The van der Waals surface area contributed by atoms with Gasteiger partial charge in [0.05, 0.1) is 5.56 Å². The van der Waals surface area contributed by atoms with Crippen LogP contribution in [-0.4, -0.2) is 12.0 Å². The maximum absolute atomic E-state index is 13.2. The summed E-state index contributed by atoms with van der Waals surface area (Å²) in [5.74, 6) is -0.657. The molecule has 1 aromatic carbocycles. The van der Waals surface area contributed by atoms with E-state index in [4.69, 9.17) is 0 Å². The van der Waals surface area contributed by atoms with E-state index in [1.165, 1.54) is 24.8 Å². The second-order valence-corrected chi connectivity index (χ2v) is 3.71. The Hall–Kier alpha value is -0.830. The molecular weight excluding hydrogens is 187 g/mol. The van der Waals surface area contributed by atoms with Crippen LogP contribution in [0.5, 0.6) is 0 Å². The van der Waals surface area contributed by atoms with E-state index in [1.807, 2.05) is 13.2 Å². The van der Waals surface area contributed by atoms with Gasteiger partial charge in [-0.15, -0.1) is 11.8 Å². The zero-order valence-electron chi connectivity index (χ0n) is 7.85. The number of thioether (sulfide) groups is 1. The van der Waals surface area contributed by atoms with E-state index in [2.05, 4.69) is 0 Å². The van der Waals surface area contributed by atoms with Crippen molar-refractivity contribution in [2.75, 3.05) is 6.26 Å². The highest BCUT2D eigenvalue weighted by atomic mass is 32.2. The molecule has 0 bridgehead atoms. The van der Waals surface area contributed by atoms with E-state index in [-0.39, 0.29) is 11.3 Å². The van der Waals surface area contributed by atoms with Crippen LogP contribution in [0.25, 0.3) is 0 Å². The summed E-state index contributed by atoms with van der Waals surface area (Å²) in [6.45, 7) is 3.21. The molecule has 0 radical (unpaired) electrons. The molecule has 3 heteroatoms. The third-order valence-corrected chi connectivity index (χ3v) is 2.74. The van der Waals surface area contributed by atoms with Crippen LogP contribution in [0.1, 0.15) is 22.8 Å². The molecule has 0 amide bonds. The van der Waals surface area contributed by atoms with Crippen molar-refractivity contribution in [3.63, 3.8) is 0 Å². The van der Waals surface area contributed by atoms with Crippen LogP contribution < -0.4 is 0 Å². The first kappa shape index (κ1) is 10.3. The largest absolute Gasteiger partial charge is 0.294 e. The third kappa shape index (κ3) is 2.10. The first-order chi connectivity index (χ1) is 6.06. The van der Waals surface area contributed by atoms with Crippen molar-refractivity contribution in [3.8, 4) is 0 Å². The molecule has 0 atom stereocenters. The maximum Gasteiger partial charge on any atom is 0.162 e. The van der Waals surface area contributed by atoms with Crippen LogP contribution >= 0.6 is 11.8 Å². The molecule has 70 valence electrons. The Morgan fingerprint density at radius 2 is 2.08 bits per heavy atom. The van der Waals surface area contributed by atoms with Gasteiger partial charge in [0.15, 0.2) is 5.78 Å². The Morgan fingerprint density at radius 1 is 1.46 bits per heavy atom. The Balaban J connectivity index is 3.30. The summed E-state index contributed by atoms with van der Waals surface area (Å²) < 4.78 is 13.2. The molecule has 0 fully saturated rings. The molecular formula is C10H11FOS. The normalized spacial score (nSPS) is 10.2. The molecule has 1 nitrogen and oxygen atoms in total. The third-order valence-electron chi connectivity index (χ3n) is 1.86. The topological polar surface area (TPSA) is 17.1 Å². The van der Waals surface area contributed by atoms with Gasteiger partial charge in [-0.2, -0.15) is 0 Å². The molecule has 0 aliphatic heterocycles. The minimum Gasteiger partial charge on any atom is -0.294 e. The first-order valence-electron chi connectivity index (χ1n) is 3.91. The van der Waals surface area contributed by atoms with Gasteiger partial charge in [0.2, 0.25) is 0 Å². The second-order valence-electron chi connectivity index (χ2n) is 2.86. The Morgan fingerprint density at radius 3 is 2.54 bits per heavy atom. The van der Waals surface area contributed by atoms with E-state index >= 15 is 0 Å². The van der Waals surface area contributed by atoms with Crippen molar-refractivity contribution in [1.29, 1.82) is 0 Å². The molecule has 0 N–H and O–H groups in total. The van der Waals surface area contributed by atoms with Crippen LogP contribution in [-0.2, 0) is 0 Å². The predicted octanol–water partition coefficient (Wildman–Crippen LogP) is 3.06. The van der Waals surface area contributed by atoms with E-state index < -0.39 is 5.82 Å². The van der Waals surface area contributed by atoms with Crippen LogP contribution in [0, 0.1) is 12.7 Å². The smallest absolute Gasteiger partial charge is 0.162 e. The summed E-state index contributed by atoms with van der Waals surface area (Å²) in [5, 5.41) is 0. The quantitative estimate of drug-likeness (QED) is 0.536. The van der Waals surface area contributed by atoms with Crippen LogP contribution in [0.3, 0.4) is 0 Å². The molecule has 0 saturated carbocycles. The van der Waals surface area contributed by atoms with Crippen molar-refractivity contribution in [2.24, 2.45) is 0 Å². The summed E-state index contributed by atoms with van der Waals surface area (Å²) in [7, 11) is 0. The molecule has 1 rings (SSSR count). The minimum absolute atomic E-state index is 0.176. The molecule has 13 heavy (non-hydrogen) atoms. The van der Waals surface area contributed by atoms with Gasteiger partial charge < -0.3 is 0 Å². The number of hydrogen-bond donors (Lipinski definition) is 0. The van der Waals surface area contributed by atoms with Crippen LogP contribution in [0.2, 0.25) is 0 Å². The van der Waals surface area contributed by atoms with Gasteiger partial charge in [-0.1, -0.05) is 0 Å². The average molecular weight is 198 g/mol. The standard InChI is InChI=1S/C10H11FOS/c1-6-4-9(11)8(7(2)12)5-10(6)13-3/h4-5H,1-3H3. The molecule has 0 saturated heterocycles. The van der Waals surface area contributed by atoms with E-state index in [1.54, 1.807) is 6.07 Å². The van der Waals surface area contributed by atoms with E-state index in [0.29, 0.717) is 0 Å². The highest BCUT2D eigenvalue weighted by Gasteiger charge is 2.09. The number of carbonyl (C=O) groups excluding carboxylic acids is 1. The van der Waals surface area contributed by atoms with Crippen molar-refractivity contribution in [2.45, 2.75) is 18.7 Å². The fraction of sp³-hybridized carbons (Fsp3) is 0.300. The monoisotopic (exact) mass is 198 g/mol. The lowest BCUT2D eigenvalue weighted by molar-refractivity contribution is 0.101.